The van der Waals surface area contributed by atoms with Crippen LogP contribution in [0.3, 0.4) is 0 Å². The molecule has 1 saturated carbocycles. The number of carbonyl (C=O) groups is 2. The van der Waals surface area contributed by atoms with E-state index in [1.54, 1.807) is 16.7 Å². The van der Waals surface area contributed by atoms with Crippen LogP contribution in [0.4, 0.5) is 0 Å². The molecule has 19 heavy (non-hydrogen) atoms. The van der Waals surface area contributed by atoms with Crippen molar-refractivity contribution in [2.45, 2.75) is 56.7 Å². The van der Waals surface area contributed by atoms with E-state index < -0.39 is 6.04 Å². The highest BCUT2D eigenvalue weighted by Crippen LogP contribution is 2.50. The van der Waals surface area contributed by atoms with Gasteiger partial charge < -0.3 is 9.64 Å². The number of ether oxygens (including phenoxy) is 1. The first-order chi connectivity index (χ1) is 8.90. The van der Waals surface area contributed by atoms with E-state index in [9.17, 15) is 9.59 Å². The molecule has 2 rings (SSSR count). The lowest BCUT2D eigenvalue weighted by Crippen LogP contribution is -2.49. The maximum atomic E-state index is 12.1. The standard InChI is InChI=1S/C14H23NO3S/c1-14(2,3)13-15(8-16)10(12(17)18-4)11(19-13)9-6-5-7-9/h8-11,13H,5-7H2,1-4H3/t10-,11+,13+/m0/s1. The maximum absolute atomic E-state index is 12.1. The molecule has 0 N–H and O–H groups in total. The van der Waals surface area contributed by atoms with Crippen molar-refractivity contribution in [3.63, 3.8) is 0 Å². The van der Waals surface area contributed by atoms with Gasteiger partial charge in [-0.2, -0.15) is 0 Å². The van der Waals surface area contributed by atoms with E-state index >= 15 is 0 Å². The number of hydrogen-bond donors (Lipinski definition) is 0. The van der Waals surface area contributed by atoms with Crippen LogP contribution < -0.4 is 0 Å². The lowest BCUT2D eigenvalue weighted by atomic mass is 9.80. The number of hydrogen-bond acceptors (Lipinski definition) is 4. The van der Waals surface area contributed by atoms with Crippen LogP contribution in [0.15, 0.2) is 0 Å². The second-order valence-corrected chi connectivity index (χ2v) is 7.79. The van der Waals surface area contributed by atoms with Gasteiger partial charge in [-0.25, -0.2) is 4.79 Å². The van der Waals surface area contributed by atoms with Gasteiger partial charge in [0, 0.05) is 5.25 Å². The number of methoxy groups -OCH3 is 1. The Morgan fingerprint density at radius 3 is 2.37 bits per heavy atom. The van der Waals surface area contributed by atoms with E-state index in [4.69, 9.17) is 4.74 Å². The molecule has 1 aliphatic carbocycles. The minimum atomic E-state index is -0.415. The van der Waals surface area contributed by atoms with Crippen LogP contribution in [0.5, 0.6) is 0 Å². The summed E-state index contributed by atoms with van der Waals surface area (Å²) >= 11 is 1.78. The van der Waals surface area contributed by atoms with Gasteiger partial charge in [0.15, 0.2) is 0 Å². The van der Waals surface area contributed by atoms with Gasteiger partial charge in [0.1, 0.15) is 6.04 Å². The number of thioether (sulfide) groups is 1. The molecular formula is C14H23NO3S. The highest BCUT2D eigenvalue weighted by Gasteiger charge is 2.53. The zero-order valence-electron chi connectivity index (χ0n) is 12.1. The molecule has 1 heterocycles. The first-order valence-corrected chi connectivity index (χ1v) is 7.80. The molecule has 0 bridgehead atoms. The Morgan fingerprint density at radius 1 is 1.37 bits per heavy atom. The first kappa shape index (κ1) is 14.7. The van der Waals surface area contributed by atoms with Crippen molar-refractivity contribution in [2.75, 3.05) is 7.11 Å². The summed E-state index contributed by atoms with van der Waals surface area (Å²) in [6, 6.07) is -0.415. The molecule has 1 aliphatic heterocycles. The summed E-state index contributed by atoms with van der Waals surface area (Å²) in [5, 5.41) is 0.232. The predicted octanol–water partition coefficient (Wildman–Crippen LogP) is 2.27. The number of amides is 1. The highest BCUT2D eigenvalue weighted by molar-refractivity contribution is 8.00. The van der Waals surface area contributed by atoms with Crippen LogP contribution in [0.2, 0.25) is 0 Å². The minimum Gasteiger partial charge on any atom is -0.467 e. The molecule has 0 radical (unpaired) electrons. The second kappa shape index (κ2) is 5.35. The minimum absolute atomic E-state index is 0.0414. The van der Waals surface area contributed by atoms with Gasteiger partial charge in [0.2, 0.25) is 6.41 Å². The van der Waals surface area contributed by atoms with Crippen LogP contribution in [-0.4, -0.2) is 41.1 Å². The molecule has 3 atom stereocenters. The Hall–Kier alpha value is -0.710. The van der Waals surface area contributed by atoms with Gasteiger partial charge >= 0.3 is 5.97 Å². The van der Waals surface area contributed by atoms with Crippen molar-refractivity contribution in [2.24, 2.45) is 11.3 Å². The largest absolute Gasteiger partial charge is 0.467 e. The molecule has 1 saturated heterocycles. The van der Waals surface area contributed by atoms with E-state index in [1.807, 2.05) is 0 Å². The molecule has 2 fully saturated rings. The van der Waals surface area contributed by atoms with E-state index in [0.29, 0.717) is 5.92 Å². The summed E-state index contributed by atoms with van der Waals surface area (Å²) in [4.78, 5) is 25.2. The molecule has 0 unspecified atom stereocenters. The number of nitrogens with zero attached hydrogens (tertiary/aromatic N) is 1. The van der Waals surface area contributed by atoms with Crippen molar-refractivity contribution >= 4 is 24.1 Å². The normalized spacial score (nSPS) is 32.0. The van der Waals surface area contributed by atoms with Gasteiger partial charge in [-0.15, -0.1) is 11.8 Å². The van der Waals surface area contributed by atoms with Gasteiger partial charge in [0.05, 0.1) is 12.5 Å². The van der Waals surface area contributed by atoms with E-state index in [0.717, 1.165) is 19.3 Å². The van der Waals surface area contributed by atoms with Crippen molar-refractivity contribution in [1.82, 2.24) is 4.90 Å². The van der Waals surface area contributed by atoms with Crippen LogP contribution in [0, 0.1) is 11.3 Å². The molecule has 4 nitrogen and oxygen atoms in total. The Labute approximate surface area is 119 Å². The third-order valence-corrected chi connectivity index (χ3v) is 6.27. The van der Waals surface area contributed by atoms with Gasteiger partial charge in [0.25, 0.3) is 0 Å². The Bertz CT molecular complexity index is 362. The van der Waals surface area contributed by atoms with Crippen LogP contribution in [0.25, 0.3) is 0 Å². The van der Waals surface area contributed by atoms with Crippen LogP contribution in [-0.2, 0) is 14.3 Å². The molecule has 0 aromatic heterocycles. The topological polar surface area (TPSA) is 46.6 Å². The summed E-state index contributed by atoms with van der Waals surface area (Å²) < 4.78 is 4.92. The molecule has 108 valence electrons. The summed E-state index contributed by atoms with van der Waals surface area (Å²) in [5.74, 6) is 0.271. The average molecular weight is 285 g/mol. The third-order valence-electron chi connectivity index (χ3n) is 4.11. The Morgan fingerprint density at radius 2 is 2.00 bits per heavy atom. The third kappa shape index (κ3) is 2.62. The van der Waals surface area contributed by atoms with Crippen LogP contribution in [0.1, 0.15) is 40.0 Å². The summed E-state index contributed by atoms with van der Waals surface area (Å²) in [6.07, 6.45) is 4.38. The molecule has 0 aromatic rings. The van der Waals surface area contributed by atoms with Gasteiger partial charge in [-0.3, -0.25) is 4.79 Å². The fraction of sp³-hybridized carbons (Fsp3) is 0.857. The Balaban J connectivity index is 2.27. The summed E-state index contributed by atoms with van der Waals surface area (Å²) in [6.45, 7) is 6.33. The maximum Gasteiger partial charge on any atom is 0.329 e. The first-order valence-electron chi connectivity index (χ1n) is 6.86. The SMILES string of the molecule is COC(=O)[C@@H]1[C@@H](C2CCC2)S[C@H](C(C)(C)C)N1C=O. The zero-order chi connectivity index (χ0) is 14.2. The van der Waals surface area contributed by atoms with E-state index in [1.165, 1.54) is 13.5 Å². The lowest BCUT2D eigenvalue weighted by Gasteiger charge is -2.34. The van der Waals surface area contributed by atoms with Crippen molar-refractivity contribution in [1.29, 1.82) is 0 Å². The van der Waals surface area contributed by atoms with Crippen molar-refractivity contribution in [3.8, 4) is 0 Å². The molecule has 5 heteroatoms. The molecule has 0 aromatic carbocycles. The Kier molecular flexibility index (Phi) is 4.14. The fourth-order valence-corrected chi connectivity index (χ4v) is 4.82. The quantitative estimate of drug-likeness (QED) is 0.589. The average Bonchev–Trinajstić information content (AvgIpc) is 2.64. The number of esters is 1. The number of carbonyl (C=O) groups excluding carboxylic acids is 2. The van der Waals surface area contributed by atoms with Crippen molar-refractivity contribution < 1.29 is 14.3 Å². The zero-order valence-corrected chi connectivity index (χ0v) is 12.9. The smallest absolute Gasteiger partial charge is 0.329 e. The van der Waals surface area contributed by atoms with Gasteiger partial charge in [-0.1, -0.05) is 27.2 Å². The van der Waals surface area contributed by atoms with E-state index in [-0.39, 0.29) is 22.0 Å². The lowest BCUT2D eigenvalue weighted by molar-refractivity contribution is -0.150. The molecule has 1 amide bonds. The highest BCUT2D eigenvalue weighted by atomic mass is 32.2. The second-order valence-electron chi connectivity index (χ2n) is 6.53. The van der Waals surface area contributed by atoms with Gasteiger partial charge in [-0.05, 0) is 24.2 Å². The summed E-state index contributed by atoms with van der Waals surface area (Å²) in [7, 11) is 1.40. The predicted molar refractivity (Wildman–Crippen MR) is 75.7 cm³/mol. The molecule has 0 spiro atoms. The summed E-state index contributed by atoms with van der Waals surface area (Å²) in [5.41, 5.74) is -0.0453. The van der Waals surface area contributed by atoms with Crippen molar-refractivity contribution in [3.05, 3.63) is 0 Å². The molecule has 2 aliphatic rings. The fourth-order valence-electron chi connectivity index (χ4n) is 2.90. The van der Waals surface area contributed by atoms with Crippen LogP contribution >= 0.6 is 11.8 Å². The number of rotatable bonds is 3. The van der Waals surface area contributed by atoms with E-state index in [2.05, 4.69) is 20.8 Å². The molecular weight excluding hydrogens is 262 g/mol. The monoisotopic (exact) mass is 285 g/mol.